The molecule has 14 aromatic rings. The molecular weight excluding hydrogens is 1060 g/mol. The Bertz CT molecular complexity index is 4610. The zero-order valence-corrected chi connectivity index (χ0v) is 51.9. The lowest BCUT2D eigenvalue weighted by Gasteiger charge is -2.31. The molecule has 0 N–H and O–H groups in total. The first-order valence-electron chi connectivity index (χ1n) is 30.3. The lowest BCUT2D eigenvalue weighted by atomic mass is 9.80. The third-order valence-electron chi connectivity index (χ3n) is 17.4. The minimum atomic E-state index is -0.130. The number of aromatic nitrogens is 7. The molecule has 0 aliphatic carbocycles. The highest BCUT2D eigenvalue weighted by molar-refractivity contribution is 6.14. The number of para-hydroxylation sites is 2. The monoisotopic (exact) mass is 1140 g/mol. The van der Waals surface area contributed by atoms with Crippen LogP contribution in [0.3, 0.4) is 0 Å². The third-order valence-corrected chi connectivity index (χ3v) is 17.4. The van der Waals surface area contributed by atoms with Crippen molar-refractivity contribution in [2.45, 2.75) is 105 Å². The number of pyridine rings is 2. The van der Waals surface area contributed by atoms with Gasteiger partial charge in [-0.05, 0) is 159 Å². The van der Waals surface area contributed by atoms with E-state index < -0.39 is 0 Å². The van der Waals surface area contributed by atoms with Crippen LogP contribution in [0.5, 0.6) is 0 Å². The lowest BCUT2D eigenvalue weighted by molar-refractivity contribution is 0.568. The first-order valence-corrected chi connectivity index (χ1v) is 30.3. The quantitative estimate of drug-likeness (QED) is 0.143. The Labute approximate surface area is 509 Å². The minimum Gasteiger partial charge on any atom is -0.310 e. The summed E-state index contributed by atoms with van der Waals surface area (Å²) >= 11 is 0. The van der Waals surface area contributed by atoms with E-state index in [9.17, 15) is 0 Å². The molecule has 0 aliphatic rings. The number of hydrogen-bond acceptors (Lipinski definition) is 6. The molecule has 6 aromatic heterocycles. The van der Waals surface area contributed by atoms with E-state index in [2.05, 4.69) is 289 Å². The van der Waals surface area contributed by atoms with Gasteiger partial charge >= 0.3 is 0 Å². The molecule has 9 nitrogen and oxygen atoms in total. The van der Waals surface area contributed by atoms with Crippen LogP contribution in [0.1, 0.15) is 105 Å². The predicted molar refractivity (Wildman–Crippen MR) is 365 cm³/mol. The van der Waals surface area contributed by atoms with Crippen LogP contribution in [0.2, 0.25) is 0 Å². The maximum absolute atomic E-state index is 5.05. The van der Waals surface area contributed by atoms with E-state index in [-0.39, 0.29) is 21.7 Å². The van der Waals surface area contributed by atoms with E-state index >= 15 is 0 Å². The standard InChI is InChI=1S/C78H73N9/c1-75(2,3)50-40-51(76(4,5)6)43-58(42-50)83(54-28-32-62-60-22-13-15-24-66(60)85(68(62)46-54)72-26-17-19-36-79-72)56-30-34-64-65-35-31-57(49-71(65)87(70(64)48-56)74-81-38-21-39-82-74)84(59-44-52(77(7,8)9)41-53(45-59)78(10,11)12)55-29-33-63-61-23-14-16-25-67(61)86(69(63)47-55)73-27-18-20-37-80-73/h13-49H,1-12H3. The third kappa shape index (κ3) is 9.66. The highest BCUT2D eigenvalue weighted by Gasteiger charge is 2.29. The van der Waals surface area contributed by atoms with Gasteiger partial charge in [-0.3, -0.25) is 13.7 Å². The van der Waals surface area contributed by atoms with Gasteiger partial charge in [-0.25, -0.2) is 19.9 Å². The van der Waals surface area contributed by atoms with Gasteiger partial charge in [0.25, 0.3) is 0 Å². The van der Waals surface area contributed by atoms with Crippen LogP contribution < -0.4 is 9.80 Å². The van der Waals surface area contributed by atoms with Crippen LogP contribution >= 0.6 is 0 Å². The summed E-state index contributed by atoms with van der Waals surface area (Å²) in [4.78, 5) is 24.8. The first kappa shape index (κ1) is 55.0. The zero-order chi connectivity index (χ0) is 60.3. The van der Waals surface area contributed by atoms with E-state index in [0.29, 0.717) is 5.95 Å². The molecule has 0 saturated carbocycles. The molecule has 87 heavy (non-hydrogen) atoms. The molecule has 0 radical (unpaired) electrons. The van der Waals surface area contributed by atoms with Crippen LogP contribution in [0.25, 0.3) is 83.0 Å². The zero-order valence-electron chi connectivity index (χ0n) is 51.9. The Balaban J connectivity index is 1.04. The number of hydrogen-bond donors (Lipinski definition) is 0. The predicted octanol–water partition coefficient (Wildman–Crippen LogP) is 20.7. The van der Waals surface area contributed by atoms with Crippen molar-refractivity contribution < 1.29 is 0 Å². The second-order valence-corrected chi connectivity index (χ2v) is 27.5. The van der Waals surface area contributed by atoms with E-state index in [1.807, 2.05) is 43.0 Å². The van der Waals surface area contributed by atoms with Gasteiger partial charge in [-0.2, -0.15) is 0 Å². The Morgan fingerprint density at radius 3 is 0.874 bits per heavy atom. The number of fused-ring (bicyclic) bond motifs is 9. The van der Waals surface area contributed by atoms with E-state index in [1.54, 1.807) is 0 Å². The average Bonchev–Trinajstić information content (AvgIpc) is 1.67. The normalized spacial score (nSPS) is 12.6. The highest BCUT2D eigenvalue weighted by atomic mass is 15.2. The Kier molecular flexibility index (Phi) is 12.9. The number of benzene rings is 8. The maximum atomic E-state index is 5.05. The fourth-order valence-corrected chi connectivity index (χ4v) is 12.7. The molecule has 0 unspecified atom stereocenters. The maximum Gasteiger partial charge on any atom is 0.234 e. The van der Waals surface area contributed by atoms with Crippen LogP contribution in [0.15, 0.2) is 225 Å². The number of anilines is 6. The summed E-state index contributed by atoms with van der Waals surface area (Å²) < 4.78 is 6.86. The van der Waals surface area contributed by atoms with Gasteiger partial charge in [-0.1, -0.05) is 168 Å². The van der Waals surface area contributed by atoms with Crippen molar-refractivity contribution in [3.63, 3.8) is 0 Å². The van der Waals surface area contributed by atoms with Crippen molar-refractivity contribution in [1.29, 1.82) is 0 Å². The number of rotatable bonds is 9. The molecule has 430 valence electrons. The van der Waals surface area contributed by atoms with Gasteiger partial charge in [0.05, 0.1) is 33.1 Å². The van der Waals surface area contributed by atoms with Gasteiger partial charge in [0.1, 0.15) is 11.6 Å². The Hall–Kier alpha value is -9.86. The second-order valence-electron chi connectivity index (χ2n) is 27.5. The van der Waals surface area contributed by atoms with Crippen molar-refractivity contribution in [3.05, 3.63) is 247 Å². The van der Waals surface area contributed by atoms with Gasteiger partial charge in [0.2, 0.25) is 5.95 Å². The summed E-state index contributed by atoms with van der Waals surface area (Å²) in [6.45, 7) is 27.7. The van der Waals surface area contributed by atoms with Crippen LogP contribution in [0.4, 0.5) is 34.1 Å². The lowest BCUT2D eigenvalue weighted by Crippen LogP contribution is -2.19. The topological polar surface area (TPSA) is 72.8 Å². The summed E-state index contributed by atoms with van der Waals surface area (Å²) in [5, 5.41) is 6.87. The fraction of sp³-hybridized carbons (Fsp3) is 0.205. The van der Waals surface area contributed by atoms with Gasteiger partial charge in [-0.15, -0.1) is 0 Å². The second kappa shape index (κ2) is 20.4. The summed E-state index contributed by atoms with van der Waals surface area (Å²) in [6, 6.07) is 73.5. The van der Waals surface area contributed by atoms with Gasteiger partial charge < -0.3 is 9.80 Å². The Morgan fingerprint density at radius 1 is 0.253 bits per heavy atom. The summed E-state index contributed by atoms with van der Waals surface area (Å²) in [7, 11) is 0. The molecule has 0 atom stereocenters. The Morgan fingerprint density at radius 2 is 0.552 bits per heavy atom. The van der Waals surface area contributed by atoms with Gasteiger partial charge in [0.15, 0.2) is 0 Å². The van der Waals surface area contributed by atoms with Crippen molar-refractivity contribution >= 4 is 99.5 Å². The number of nitrogens with zero attached hydrogens (tertiary/aromatic N) is 9. The highest BCUT2D eigenvalue weighted by Crippen LogP contribution is 2.48. The molecule has 0 aliphatic heterocycles. The fourth-order valence-electron chi connectivity index (χ4n) is 12.7. The smallest absolute Gasteiger partial charge is 0.234 e. The van der Waals surface area contributed by atoms with Crippen molar-refractivity contribution in [1.82, 2.24) is 33.6 Å². The van der Waals surface area contributed by atoms with Gasteiger partial charge in [0, 0.05) is 91.2 Å². The van der Waals surface area contributed by atoms with E-state index in [1.165, 1.54) is 33.0 Å². The van der Waals surface area contributed by atoms with Crippen LogP contribution in [-0.2, 0) is 21.7 Å². The van der Waals surface area contributed by atoms with Crippen molar-refractivity contribution in [3.8, 4) is 17.6 Å². The summed E-state index contributed by atoms with van der Waals surface area (Å²) in [5.74, 6) is 2.32. The van der Waals surface area contributed by atoms with E-state index in [4.69, 9.17) is 19.9 Å². The molecule has 0 saturated heterocycles. The van der Waals surface area contributed by atoms with Crippen LogP contribution in [-0.4, -0.2) is 33.6 Å². The largest absolute Gasteiger partial charge is 0.310 e. The van der Waals surface area contributed by atoms with Crippen LogP contribution in [0, 0.1) is 0 Å². The molecule has 0 bridgehead atoms. The molecule has 8 aromatic carbocycles. The van der Waals surface area contributed by atoms with E-state index in [0.717, 1.165) is 100 Å². The molecule has 0 spiro atoms. The SMILES string of the molecule is CC(C)(C)c1cc(N(c2ccc3c4ccccc4n(-c4ccccn4)c3c2)c2ccc3c4ccc(N(c5cc(C(C)(C)C)cc(C(C)(C)C)c5)c5ccc6c7ccccc7n(-c7ccccn7)c6c5)cc4n(-c4ncccn4)c3c2)cc(C(C)(C)C)c1. The first-order chi connectivity index (χ1) is 41.7. The minimum absolute atomic E-state index is 0.130. The molecule has 0 fully saturated rings. The molecule has 6 heterocycles. The molecule has 9 heteroatoms. The molecular formula is C78H73N9. The van der Waals surface area contributed by atoms with Crippen molar-refractivity contribution in [2.75, 3.05) is 9.80 Å². The molecule has 14 rings (SSSR count). The molecule has 0 amide bonds. The summed E-state index contributed by atoms with van der Waals surface area (Å²) in [6.07, 6.45) is 7.44. The summed E-state index contributed by atoms with van der Waals surface area (Å²) in [5.41, 5.74) is 17.1. The van der Waals surface area contributed by atoms with Crippen molar-refractivity contribution in [2.24, 2.45) is 0 Å². The average molecular weight is 1140 g/mol.